The summed E-state index contributed by atoms with van der Waals surface area (Å²) in [7, 11) is 1.78. The van der Waals surface area contributed by atoms with Crippen LogP contribution in [0.25, 0.3) is 23.1 Å². The summed E-state index contributed by atoms with van der Waals surface area (Å²) in [5, 5.41) is 16.2. The van der Waals surface area contributed by atoms with Crippen LogP contribution < -0.4 is 5.32 Å². The molecule has 4 aromatic rings. The van der Waals surface area contributed by atoms with Gasteiger partial charge in [0.05, 0.1) is 5.75 Å². The van der Waals surface area contributed by atoms with E-state index >= 15 is 0 Å². The van der Waals surface area contributed by atoms with Crippen molar-refractivity contribution in [2.45, 2.75) is 12.1 Å². The Hall–Kier alpha value is -3.17. The molecule has 0 aliphatic heterocycles. The Labute approximate surface area is 181 Å². The summed E-state index contributed by atoms with van der Waals surface area (Å²) >= 11 is 7.26. The maximum atomic E-state index is 12.3. The third-order valence-electron chi connectivity index (χ3n) is 4.29. The molecule has 0 aliphatic rings. The topological polar surface area (TPSA) is 98.7 Å². The molecule has 0 radical (unpaired) electrons. The highest BCUT2D eigenvalue weighted by molar-refractivity contribution is 7.99. The molecule has 30 heavy (non-hydrogen) atoms. The van der Waals surface area contributed by atoms with Crippen LogP contribution in [0.4, 0.5) is 5.69 Å². The molecule has 8 nitrogen and oxygen atoms in total. The molecular weight excluding hydrogens is 424 g/mol. The highest BCUT2D eigenvalue weighted by Gasteiger charge is 2.19. The Morgan fingerprint density at radius 2 is 2.00 bits per heavy atom. The second-order valence-electron chi connectivity index (χ2n) is 6.45. The fourth-order valence-electron chi connectivity index (χ4n) is 2.69. The van der Waals surface area contributed by atoms with Crippen molar-refractivity contribution in [3.05, 3.63) is 59.1 Å². The van der Waals surface area contributed by atoms with E-state index in [0.29, 0.717) is 27.5 Å². The summed E-state index contributed by atoms with van der Waals surface area (Å²) in [6, 6.07) is 14.9. The van der Waals surface area contributed by atoms with E-state index in [4.69, 9.17) is 16.1 Å². The fourth-order valence-corrected chi connectivity index (χ4v) is 3.57. The van der Waals surface area contributed by atoms with Crippen LogP contribution in [0.5, 0.6) is 0 Å². The Morgan fingerprint density at radius 3 is 2.80 bits per heavy atom. The number of thioether (sulfide) groups is 1. The molecule has 1 amide bonds. The van der Waals surface area contributed by atoms with Crippen LogP contribution in [0.3, 0.4) is 0 Å². The van der Waals surface area contributed by atoms with Crippen molar-refractivity contribution in [1.29, 1.82) is 0 Å². The number of hydrogen-bond donors (Lipinski definition) is 1. The maximum absolute atomic E-state index is 12.3. The van der Waals surface area contributed by atoms with E-state index in [9.17, 15) is 4.79 Å². The Bertz CT molecular complexity index is 1190. The highest BCUT2D eigenvalue weighted by atomic mass is 35.5. The lowest BCUT2D eigenvalue weighted by Crippen LogP contribution is -2.15. The first-order valence-corrected chi connectivity index (χ1v) is 10.4. The molecule has 10 heteroatoms. The number of carbonyl (C=O) groups excluding carboxylic acids is 1. The van der Waals surface area contributed by atoms with Gasteiger partial charge in [0, 0.05) is 23.3 Å². The largest absolute Gasteiger partial charge is 0.330 e. The molecule has 0 unspecified atom stereocenters. The number of aryl methyl sites for hydroxylation is 1. The van der Waals surface area contributed by atoms with Gasteiger partial charge in [0.1, 0.15) is 0 Å². The first-order valence-electron chi connectivity index (χ1n) is 8.99. The number of hydrogen-bond acceptors (Lipinski definition) is 7. The van der Waals surface area contributed by atoms with Gasteiger partial charge >= 0.3 is 0 Å². The molecule has 0 bridgehead atoms. The normalized spacial score (nSPS) is 10.9. The van der Waals surface area contributed by atoms with Gasteiger partial charge < -0.3 is 14.4 Å². The minimum Gasteiger partial charge on any atom is -0.330 e. The van der Waals surface area contributed by atoms with E-state index in [2.05, 4.69) is 25.7 Å². The van der Waals surface area contributed by atoms with Crippen molar-refractivity contribution in [3.8, 4) is 23.1 Å². The molecule has 0 spiro atoms. The SMILES string of the molecule is Cc1ccc(Cl)cc1NC(=O)CSc1nnc(-c2nc(-c3ccccc3)no2)n1C. The van der Waals surface area contributed by atoms with Crippen molar-refractivity contribution < 1.29 is 9.32 Å². The molecule has 0 saturated heterocycles. The number of benzene rings is 2. The lowest BCUT2D eigenvalue weighted by molar-refractivity contribution is -0.113. The highest BCUT2D eigenvalue weighted by Crippen LogP contribution is 2.25. The van der Waals surface area contributed by atoms with Gasteiger partial charge in [-0.05, 0) is 24.6 Å². The molecule has 2 aromatic carbocycles. The quantitative estimate of drug-likeness (QED) is 0.448. The molecule has 4 rings (SSSR count). The second kappa shape index (κ2) is 8.68. The van der Waals surface area contributed by atoms with Gasteiger partial charge in [-0.1, -0.05) is 64.9 Å². The summed E-state index contributed by atoms with van der Waals surface area (Å²) < 4.78 is 7.06. The minimum absolute atomic E-state index is 0.164. The number of anilines is 1. The fraction of sp³-hybridized carbons (Fsp3) is 0.150. The summed E-state index contributed by atoms with van der Waals surface area (Å²) in [6.07, 6.45) is 0. The van der Waals surface area contributed by atoms with Crippen molar-refractivity contribution in [2.75, 3.05) is 11.1 Å². The van der Waals surface area contributed by atoms with Crippen molar-refractivity contribution in [1.82, 2.24) is 24.9 Å². The molecule has 0 fully saturated rings. The van der Waals surface area contributed by atoms with Crippen LogP contribution in [0.2, 0.25) is 5.02 Å². The van der Waals surface area contributed by atoms with Crippen LogP contribution in [0, 0.1) is 6.92 Å². The van der Waals surface area contributed by atoms with E-state index in [1.807, 2.05) is 43.3 Å². The number of nitrogens with one attached hydrogen (secondary N) is 1. The monoisotopic (exact) mass is 440 g/mol. The summed E-state index contributed by atoms with van der Waals surface area (Å²) in [5.41, 5.74) is 2.47. The van der Waals surface area contributed by atoms with E-state index in [1.54, 1.807) is 23.7 Å². The number of rotatable bonds is 6. The third-order valence-corrected chi connectivity index (χ3v) is 5.55. The van der Waals surface area contributed by atoms with E-state index in [1.165, 1.54) is 11.8 Å². The van der Waals surface area contributed by atoms with Crippen molar-refractivity contribution in [2.24, 2.45) is 7.05 Å². The van der Waals surface area contributed by atoms with Crippen LogP contribution >= 0.6 is 23.4 Å². The first-order chi connectivity index (χ1) is 14.5. The van der Waals surface area contributed by atoms with Crippen molar-refractivity contribution >= 4 is 35.0 Å². The number of aromatic nitrogens is 5. The van der Waals surface area contributed by atoms with Gasteiger partial charge in [0.15, 0.2) is 5.16 Å². The van der Waals surface area contributed by atoms with Gasteiger partial charge in [0.25, 0.3) is 5.89 Å². The van der Waals surface area contributed by atoms with Gasteiger partial charge in [-0.3, -0.25) is 4.79 Å². The average Bonchev–Trinajstić information content (AvgIpc) is 3.37. The van der Waals surface area contributed by atoms with Gasteiger partial charge in [0.2, 0.25) is 17.6 Å². The van der Waals surface area contributed by atoms with Crippen LogP contribution in [0.15, 0.2) is 58.2 Å². The van der Waals surface area contributed by atoms with Crippen molar-refractivity contribution in [3.63, 3.8) is 0 Å². The molecule has 2 heterocycles. The van der Waals surface area contributed by atoms with E-state index in [-0.39, 0.29) is 17.6 Å². The third kappa shape index (κ3) is 4.37. The van der Waals surface area contributed by atoms with Crippen LogP contribution in [-0.4, -0.2) is 36.6 Å². The molecule has 0 aliphatic carbocycles. The van der Waals surface area contributed by atoms with Gasteiger partial charge in [-0.2, -0.15) is 4.98 Å². The second-order valence-corrected chi connectivity index (χ2v) is 7.83. The summed E-state index contributed by atoms with van der Waals surface area (Å²) in [5.74, 6) is 1.16. The standard InChI is InChI=1S/C20H17ClN6O2S/c1-12-8-9-14(21)10-15(12)22-16(28)11-30-20-25-24-18(27(20)2)19-23-17(26-29-19)13-6-4-3-5-7-13/h3-10H,11H2,1-2H3,(H,22,28). The molecule has 1 N–H and O–H groups in total. The zero-order valence-electron chi connectivity index (χ0n) is 16.2. The first kappa shape index (κ1) is 20.1. The summed E-state index contributed by atoms with van der Waals surface area (Å²) in [6.45, 7) is 1.90. The lowest BCUT2D eigenvalue weighted by atomic mass is 10.2. The Morgan fingerprint density at radius 1 is 1.20 bits per heavy atom. The van der Waals surface area contributed by atoms with E-state index < -0.39 is 0 Å². The predicted molar refractivity (Wildman–Crippen MR) is 115 cm³/mol. The maximum Gasteiger partial charge on any atom is 0.296 e. The molecule has 2 aromatic heterocycles. The zero-order valence-corrected chi connectivity index (χ0v) is 17.7. The number of carbonyl (C=O) groups is 1. The predicted octanol–water partition coefficient (Wildman–Crippen LogP) is 4.22. The van der Waals surface area contributed by atoms with Crippen LogP contribution in [-0.2, 0) is 11.8 Å². The van der Waals surface area contributed by atoms with E-state index in [0.717, 1.165) is 11.1 Å². The zero-order chi connectivity index (χ0) is 21.1. The molecule has 0 atom stereocenters. The smallest absolute Gasteiger partial charge is 0.296 e. The van der Waals surface area contributed by atoms with Crippen LogP contribution in [0.1, 0.15) is 5.56 Å². The summed E-state index contributed by atoms with van der Waals surface area (Å²) in [4.78, 5) is 16.7. The lowest BCUT2D eigenvalue weighted by Gasteiger charge is -2.08. The Kier molecular flexibility index (Phi) is 5.82. The molecular formula is C20H17ClN6O2S. The van der Waals surface area contributed by atoms with Gasteiger partial charge in [-0.25, -0.2) is 0 Å². The number of amides is 1. The number of nitrogens with zero attached hydrogens (tertiary/aromatic N) is 5. The molecule has 0 saturated carbocycles. The minimum atomic E-state index is -0.168. The number of halogens is 1. The Balaban J connectivity index is 1.43. The van der Waals surface area contributed by atoms with Gasteiger partial charge in [-0.15, -0.1) is 10.2 Å². The molecule has 152 valence electrons. The average molecular weight is 441 g/mol.